The van der Waals surface area contributed by atoms with Crippen molar-refractivity contribution in [1.82, 2.24) is 15.5 Å². The second kappa shape index (κ2) is 12.2. The quantitative estimate of drug-likeness (QED) is 0.375. The highest BCUT2D eigenvalue weighted by Gasteiger charge is 2.41. The maximum absolute atomic E-state index is 13.7. The predicted octanol–water partition coefficient (Wildman–Crippen LogP) is 4.36. The minimum atomic E-state index is -1.02. The number of carbonyl (C=O) groups excluding carboxylic acids is 2. The topological polar surface area (TPSA) is 98.7 Å². The fourth-order valence-electron chi connectivity index (χ4n) is 4.18. The molecule has 0 spiro atoms. The molecule has 0 fully saturated rings. The molecule has 1 aromatic rings. The van der Waals surface area contributed by atoms with Gasteiger partial charge >= 0.3 is 5.97 Å². The fourth-order valence-corrected chi connectivity index (χ4v) is 4.58. The number of hydrogen-bond acceptors (Lipinski definition) is 4. The van der Waals surface area contributed by atoms with Gasteiger partial charge in [0.1, 0.15) is 6.04 Å². The van der Waals surface area contributed by atoms with Gasteiger partial charge in [-0.3, -0.25) is 9.59 Å². The van der Waals surface area contributed by atoms with Gasteiger partial charge in [0.25, 0.3) is 0 Å². The van der Waals surface area contributed by atoms with Crippen molar-refractivity contribution in [1.29, 1.82) is 0 Å². The van der Waals surface area contributed by atoms with E-state index >= 15 is 0 Å². The van der Waals surface area contributed by atoms with Crippen LogP contribution in [0.1, 0.15) is 61.0 Å². The van der Waals surface area contributed by atoms with Gasteiger partial charge in [-0.2, -0.15) is 0 Å². The zero-order valence-corrected chi connectivity index (χ0v) is 24.3. The van der Waals surface area contributed by atoms with Crippen LogP contribution in [0.4, 0.5) is 0 Å². The van der Waals surface area contributed by atoms with Crippen LogP contribution in [0, 0.1) is 11.3 Å². The standard InChI is InChI=1S/C27H42BrN3O4/c1-16(2)20(14-17(3)25(34)35)31(10)24(33)22(26(4,5)6)30-23(32)21(29-9)27(7,8)18-12-11-13-19(28)15-18/h11-16,20-22,29H,1-10H3,(H,30,32)(H,34,35)/b17-14+/t20?,21-,22-/m1/s1. The Morgan fingerprint density at radius 3 is 2.09 bits per heavy atom. The van der Waals surface area contributed by atoms with Crippen molar-refractivity contribution in [2.45, 2.75) is 78.9 Å². The Hall–Kier alpha value is -2.19. The zero-order chi connectivity index (χ0) is 27.3. The van der Waals surface area contributed by atoms with Gasteiger partial charge in [0.15, 0.2) is 0 Å². The molecule has 1 unspecified atom stereocenters. The monoisotopic (exact) mass is 551 g/mol. The second-order valence-electron chi connectivity index (χ2n) is 11.1. The van der Waals surface area contributed by atoms with Gasteiger partial charge in [0.2, 0.25) is 11.8 Å². The first-order valence-electron chi connectivity index (χ1n) is 11.9. The number of carboxylic acids is 1. The van der Waals surface area contributed by atoms with Crippen LogP contribution in [-0.2, 0) is 19.8 Å². The number of nitrogens with one attached hydrogen (secondary N) is 2. The lowest BCUT2D eigenvalue weighted by Gasteiger charge is -2.40. The van der Waals surface area contributed by atoms with E-state index in [0.29, 0.717) is 0 Å². The number of amides is 2. The molecule has 0 aliphatic heterocycles. The molecule has 35 heavy (non-hydrogen) atoms. The summed E-state index contributed by atoms with van der Waals surface area (Å²) in [4.78, 5) is 40.2. The predicted molar refractivity (Wildman–Crippen MR) is 144 cm³/mol. The number of rotatable bonds is 10. The molecule has 7 nitrogen and oxygen atoms in total. The molecule has 8 heteroatoms. The lowest BCUT2D eigenvalue weighted by atomic mass is 9.76. The molecular weight excluding hydrogens is 510 g/mol. The van der Waals surface area contributed by atoms with E-state index in [4.69, 9.17) is 0 Å². The van der Waals surface area contributed by atoms with Crippen LogP contribution in [0.2, 0.25) is 0 Å². The van der Waals surface area contributed by atoms with E-state index in [9.17, 15) is 19.5 Å². The van der Waals surface area contributed by atoms with Gasteiger partial charge in [-0.25, -0.2) is 4.79 Å². The Bertz CT molecular complexity index is 950. The molecular formula is C27H42BrN3O4. The van der Waals surface area contributed by atoms with Crippen LogP contribution < -0.4 is 10.6 Å². The Labute approximate surface area is 218 Å². The molecule has 0 aliphatic rings. The fraction of sp³-hybridized carbons (Fsp3) is 0.593. The summed E-state index contributed by atoms with van der Waals surface area (Å²) < 4.78 is 0.923. The molecule has 3 N–H and O–H groups in total. The van der Waals surface area contributed by atoms with Crippen molar-refractivity contribution in [2.24, 2.45) is 11.3 Å². The molecule has 0 aliphatic carbocycles. The van der Waals surface area contributed by atoms with Crippen LogP contribution in [0.5, 0.6) is 0 Å². The third-order valence-electron chi connectivity index (χ3n) is 6.48. The van der Waals surface area contributed by atoms with Gasteiger partial charge < -0.3 is 20.6 Å². The van der Waals surface area contributed by atoms with Crippen molar-refractivity contribution < 1.29 is 19.5 Å². The van der Waals surface area contributed by atoms with E-state index in [2.05, 4.69) is 26.6 Å². The summed E-state index contributed by atoms with van der Waals surface area (Å²) in [5.74, 6) is -1.59. The lowest BCUT2D eigenvalue weighted by molar-refractivity contribution is -0.141. The minimum Gasteiger partial charge on any atom is -0.478 e. The zero-order valence-electron chi connectivity index (χ0n) is 22.7. The normalized spacial score (nSPS) is 15.4. The van der Waals surface area contributed by atoms with Crippen molar-refractivity contribution >= 4 is 33.7 Å². The molecule has 0 saturated carbocycles. The summed E-state index contributed by atoms with van der Waals surface area (Å²) in [5, 5.41) is 15.5. The Morgan fingerprint density at radius 1 is 1.09 bits per heavy atom. The molecule has 3 atom stereocenters. The largest absolute Gasteiger partial charge is 0.478 e. The number of nitrogens with zero attached hydrogens (tertiary/aromatic N) is 1. The molecule has 2 amide bonds. The van der Waals surface area contributed by atoms with E-state index in [1.165, 1.54) is 6.92 Å². The van der Waals surface area contributed by atoms with Crippen molar-refractivity contribution in [3.05, 3.63) is 46.0 Å². The number of aliphatic carboxylic acids is 1. The Morgan fingerprint density at radius 2 is 1.66 bits per heavy atom. The smallest absolute Gasteiger partial charge is 0.331 e. The number of carboxylic acid groups (broad SMARTS) is 1. The third-order valence-corrected chi connectivity index (χ3v) is 6.97. The summed E-state index contributed by atoms with van der Waals surface area (Å²) in [7, 11) is 3.39. The maximum atomic E-state index is 13.7. The highest BCUT2D eigenvalue weighted by Crippen LogP contribution is 2.30. The van der Waals surface area contributed by atoms with E-state index in [1.807, 2.05) is 72.7 Å². The Balaban J connectivity index is 3.32. The number of halogens is 1. The molecule has 0 radical (unpaired) electrons. The van der Waals surface area contributed by atoms with E-state index < -0.39 is 34.9 Å². The Kier molecular flexibility index (Phi) is 10.7. The molecule has 0 aromatic heterocycles. The first-order valence-corrected chi connectivity index (χ1v) is 12.7. The van der Waals surface area contributed by atoms with Gasteiger partial charge in [-0.05, 0) is 43.0 Å². The summed E-state index contributed by atoms with van der Waals surface area (Å²) in [6.07, 6.45) is 1.60. The van der Waals surface area contributed by atoms with Crippen LogP contribution in [0.3, 0.4) is 0 Å². The molecule has 0 heterocycles. The summed E-state index contributed by atoms with van der Waals surface area (Å²) in [6, 6.07) is 5.99. The molecule has 0 saturated heterocycles. The molecule has 0 bridgehead atoms. The first-order chi connectivity index (χ1) is 15.9. The lowest BCUT2D eigenvalue weighted by Crippen LogP contribution is -2.61. The molecule has 196 valence electrons. The summed E-state index contributed by atoms with van der Waals surface area (Å²) in [5.41, 5.74) is 0.00526. The maximum Gasteiger partial charge on any atom is 0.331 e. The molecule has 1 aromatic carbocycles. The minimum absolute atomic E-state index is 0.0184. The number of carbonyl (C=O) groups is 3. The first kappa shape index (κ1) is 30.8. The highest BCUT2D eigenvalue weighted by molar-refractivity contribution is 9.10. The highest BCUT2D eigenvalue weighted by atomic mass is 79.9. The molecule has 1 rings (SSSR count). The number of benzene rings is 1. The average molecular weight is 553 g/mol. The van der Waals surface area contributed by atoms with Crippen molar-refractivity contribution in [3.8, 4) is 0 Å². The van der Waals surface area contributed by atoms with Crippen LogP contribution >= 0.6 is 15.9 Å². The van der Waals surface area contributed by atoms with Gasteiger partial charge in [-0.15, -0.1) is 0 Å². The second-order valence-corrected chi connectivity index (χ2v) is 12.0. The van der Waals surface area contributed by atoms with Crippen LogP contribution in [0.25, 0.3) is 0 Å². The third kappa shape index (κ3) is 7.90. The van der Waals surface area contributed by atoms with Crippen molar-refractivity contribution in [2.75, 3.05) is 14.1 Å². The summed E-state index contributed by atoms with van der Waals surface area (Å²) in [6.45, 7) is 15.1. The summed E-state index contributed by atoms with van der Waals surface area (Å²) >= 11 is 3.50. The average Bonchev–Trinajstić information content (AvgIpc) is 2.73. The van der Waals surface area contributed by atoms with Crippen LogP contribution in [-0.4, -0.2) is 60.0 Å². The van der Waals surface area contributed by atoms with Gasteiger partial charge in [0.05, 0.1) is 12.1 Å². The number of likely N-dealkylation sites (N-methyl/N-ethyl adjacent to an activating group) is 2. The number of hydrogen-bond donors (Lipinski definition) is 3. The van der Waals surface area contributed by atoms with Crippen molar-refractivity contribution in [3.63, 3.8) is 0 Å². The van der Waals surface area contributed by atoms with E-state index in [0.717, 1.165) is 10.0 Å². The van der Waals surface area contributed by atoms with Gasteiger partial charge in [-0.1, -0.05) is 82.6 Å². The SMILES string of the molecule is CN[C@H](C(=O)N[C@H](C(=O)N(C)C(/C=C(\C)C(=O)O)C(C)C)C(C)(C)C)C(C)(C)c1cccc(Br)c1. The van der Waals surface area contributed by atoms with Gasteiger partial charge in [0, 0.05) is 22.5 Å². The van der Waals surface area contributed by atoms with E-state index in [-0.39, 0.29) is 23.3 Å². The van der Waals surface area contributed by atoms with Crippen LogP contribution in [0.15, 0.2) is 40.4 Å². The van der Waals surface area contributed by atoms with E-state index in [1.54, 1.807) is 25.1 Å².